The lowest BCUT2D eigenvalue weighted by Crippen LogP contribution is -2.40. The van der Waals surface area contributed by atoms with Crippen molar-refractivity contribution in [3.63, 3.8) is 0 Å². The zero-order valence-corrected chi connectivity index (χ0v) is 15.5. The Labute approximate surface area is 145 Å². The number of carbonyl (C=O) groups excluding carboxylic acids is 1. The molecule has 0 aliphatic carbocycles. The third-order valence-electron chi connectivity index (χ3n) is 4.91. The minimum Gasteiger partial charge on any atom is -0.355 e. The molecule has 1 amide bonds. The van der Waals surface area contributed by atoms with Crippen molar-refractivity contribution in [1.29, 1.82) is 0 Å². The first-order chi connectivity index (χ1) is 11.2. The molecular weight excluding hydrogens is 304 g/mol. The van der Waals surface area contributed by atoms with E-state index in [4.69, 9.17) is 0 Å². The molecule has 23 heavy (non-hydrogen) atoms. The molecule has 1 aliphatic heterocycles. The predicted octanol–water partition coefficient (Wildman–Crippen LogP) is 4.26. The van der Waals surface area contributed by atoms with Crippen LogP contribution in [0.2, 0.25) is 0 Å². The lowest BCUT2D eigenvalue weighted by molar-refractivity contribution is -0.125. The van der Waals surface area contributed by atoms with Crippen LogP contribution >= 0.6 is 11.3 Å². The molecule has 1 aliphatic rings. The Morgan fingerprint density at radius 2 is 2.00 bits per heavy atom. The molecule has 2 heterocycles. The first-order valence-electron chi connectivity index (χ1n) is 9.28. The van der Waals surface area contributed by atoms with Gasteiger partial charge in [0, 0.05) is 23.9 Å². The van der Waals surface area contributed by atoms with E-state index >= 15 is 0 Å². The molecule has 4 heteroatoms. The summed E-state index contributed by atoms with van der Waals surface area (Å²) >= 11 is 1.89. The summed E-state index contributed by atoms with van der Waals surface area (Å²) in [4.78, 5) is 16.3. The Bertz CT molecular complexity index is 432. The lowest BCUT2D eigenvalue weighted by atomic mass is 9.95. The number of rotatable bonds is 9. The Morgan fingerprint density at radius 1 is 1.30 bits per heavy atom. The molecule has 0 bridgehead atoms. The highest BCUT2D eigenvalue weighted by Crippen LogP contribution is 2.30. The van der Waals surface area contributed by atoms with Gasteiger partial charge in [-0.1, -0.05) is 32.8 Å². The van der Waals surface area contributed by atoms with Gasteiger partial charge in [-0.3, -0.25) is 4.79 Å². The molecule has 0 saturated carbocycles. The molecule has 1 aromatic rings. The average molecular weight is 337 g/mol. The molecule has 0 spiro atoms. The molecule has 2 rings (SSSR count). The van der Waals surface area contributed by atoms with E-state index in [1.165, 1.54) is 12.8 Å². The zero-order chi connectivity index (χ0) is 16.5. The Hall–Kier alpha value is -0.870. The fourth-order valence-electron chi connectivity index (χ4n) is 3.55. The molecule has 0 unspecified atom stereocenters. The molecule has 0 aromatic carbocycles. The maximum absolute atomic E-state index is 12.2. The van der Waals surface area contributed by atoms with Gasteiger partial charge in [-0.2, -0.15) is 0 Å². The summed E-state index contributed by atoms with van der Waals surface area (Å²) in [6.07, 6.45) is 6.73. The van der Waals surface area contributed by atoms with Crippen LogP contribution in [0.3, 0.4) is 0 Å². The molecule has 1 saturated heterocycles. The highest BCUT2D eigenvalue weighted by molar-refractivity contribution is 7.10. The van der Waals surface area contributed by atoms with Gasteiger partial charge in [0.05, 0.1) is 0 Å². The van der Waals surface area contributed by atoms with E-state index in [-0.39, 0.29) is 11.8 Å². The minimum absolute atomic E-state index is 0.217. The van der Waals surface area contributed by atoms with Gasteiger partial charge in [-0.05, 0) is 56.1 Å². The number of thiophene rings is 1. The van der Waals surface area contributed by atoms with Crippen molar-refractivity contribution in [2.45, 2.75) is 58.3 Å². The summed E-state index contributed by atoms with van der Waals surface area (Å²) in [5.41, 5.74) is 0. The van der Waals surface area contributed by atoms with Crippen LogP contribution in [0.15, 0.2) is 17.5 Å². The molecule has 1 N–H and O–H groups in total. The van der Waals surface area contributed by atoms with Gasteiger partial charge in [0.2, 0.25) is 5.91 Å². The molecule has 3 nitrogen and oxygen atoms in total. The summed E-state index contributed by atoms with van der Waals surface area (Å²) in [6, 6.07) is 4.43. The second kappa shape index (κ2) is 10.1. The number of hydrogen-bond donors (Lipinski definition) is 1. The van der Waals surface area contributed by atoms with Crippen LogP contribution in [0, 0.1) is 5.92 Å². The molecule has 0 atom stereocenters. The van der Waals surface area contributed by atoms with E-state index in [0.29, 0.717) is 0 Å². The van der Waals surface area contributed by atoms with Crippen molar-refractivity contribution in [3.8, 4) is 0 Å². The number of nitrogens with zero attached hydrogens (tertiary/aromatic N) is 1. The maximum atomic E-state index is 12.2. The van der Waals surface area contributed by atoms with E-state index in [1.54, 1.807) is 4.88 Å². The Balaban J connectivity index is 1.64. The quantitative estimate of drug-likeness (QED) is 0.731. The largest absolute Gasteiger partial charge is 0.355 e. The third-order valence-corrected chi connectivity index (χ3v) is 5.94. The van der Waals surface area contributed by atoms with Gasteiger partial charge in [0.15, 0.2) is 0 Å². The SMILES string of the molecule is CCCC(CCC)C(=O)NCCN1CCC(c2cccs2)CC1. The van der Waals surface area contributed by atoms with Crippen LogP contribution < -0.4 is 5.32 Å². The summed E-state index contributed by atoms with van der Waals surface area (Å²) in [5.74, 6) is 1.23. The monoisotopic (exact) mass is 336 g/mol. The number of piperidine rings is 1. The van der Waals surface area contributed by atoms with Crippen molar-refractivity contribution in [1.82, 2.24) is 10.2 Å². The van der Waals surface area contributed by atoms with Gasteiger partial charge in [-0.15, -0.1) is 11.3 Å². The second-order valence-corrected chi connectivity index (χ2v) is 7.68. The smallest absolute Gasteiger partial charge is 0.223 e. The van der Waals surface area contributed by atoms with E-state index in [0.717, 1.165) is 57.8 Å². The molecule has 130 valence electrons. The van der Waals surface area contributed by atoms with Crippen LogP contribution in [0.25, 0.3) is 0 Å². The van der Waals surface area contributed by atoms with E-state index in [9.17, 15) is 4.79 Å². The van der Waals surface area contributed by atoms with Gasteiger partial charge < -0.3 is 10.2 Å². The molecule has 0 radical (unpaired) electrons. The first-order valence-corrected chi connectivity index (χ1v) is 10.2. The van der Waals surface area contributed by atoms with E-state index < -0.39 is 0 Å². The van der Waals surface area contributed by atoms with Crippen LogP contribution in [0.1, 0.15) is 63.2 Å². The van der Waals surface area contributed by atoms with Crippen LogP contribution in [-0.4, -0.2) is 37.0 Å². The normalized spacial score (nSPS) is 16.8. The van der Waals surface area contributed by atoms with Gasteiger partial charge in [0.1, 0.15) is 0 Å². The summed E-state index contributed by atoms with van der Waals surface area (Å²) in [7, 11) is 0. The topological polar surface area (TPSA) is 32.3 Å². The molecule has 1 aromatic heterocycles. The fraction of sp³-hybridized carbons (Fsp3) is 0.737. The number of carbonyl (C=O) groups is 1. The van der Waals surface area contributed by atoms with E-state index in [2.05, 4.69) is 41.6 Å². The maximum Gasteiger partial charge on any atom is 0.223 e. The molecular formula is C19H32N2OS. The highest BCUT2D eigenvalue weighted by atomic mass is 32.1. The predicted molar refractivity (Wildman–Crippen MR) is 99.0 cm³/mol. The van der Waals surface area contributed by atoms with Crippen LogP contribution in [-0.2, 0) is 4.79 Å². The first kappa shape index (κ1) is 18.5. The Kier molecular flexibility index (Phi) is 8.10. The lowest BCUT2D eigenvalue weighted by Gasteiger charge is -2.31. The summed E-state index contributed by atoms with van der Waals surface area (Å²) < 4.78 is 0. The number of nitrogens with one attached hydrogen (secondary N) is 1. The zero-order valence-electron chi connectivity index (χ0n) is 14.7. The van der Waals surface area contributed by atoms with E-state index in [1.807, 2.05) is 11.3 Å². The van der Waals surface area contributed by atoms with Crippen molar-refractivity contribution < 1.29 is 4.79 Å². The summed E-state index contributed by atoms with van der Waals surface area (Å²) in [6.45, 7) is 8.43. The highest BCUT2D eigenvalue weighted by Gasteiger charge is 2.21. The van der Waals surface area contributed by atoms with Gasteiger partial charge >= 0.3 is 0 Å². The van der Waals surface area contributed by atoms with Crippen molar-refractivity contribution in [2.75, 3.05) is 26.2 Å². The van der Waals surface area contributed by atoms with Crippen LogP contribution in [0.4, 0.5) is 0 Å². The van der Waals surface area contributed by atoms with Crippen molar-refractivity contribution >= 4 is 17.2 Å². The van der Waals surface area contributed by atoms with Crippen LogP contribution in [0.5, 0.6) is 0 Å². The molecule has 1 fully saturated rings. The summed E-state index contributed by atoms with van der Waals surface area (Å²) in [5, 5.41) is 5.34. The fourth-order valence-corrected chi connectivity index (χ4v) is 4.45. The second-order valence-electron chi connectivity index (χ2n) is 6.70. The van der Waals surface area contributed by atoms with Gasteiger partial charge in [-0.25, -0.2) is 0 Å². The Morgan fingerprint density at radius 3 is 2.57 bits per heavy atom. The average Bonchev–Trinajstić information content (AvgIpc) is 3.10. The number of likely N-dealkylation sites (tertiary alicyclic amines) is 1. The third kappa shape index (κ3) is 5.92. The number of amides is 1. The van der Waals surface area contributed by atoms with Crippen molar-refractivity contribution in [3.05, 3.63) is 22.4 Å². The minimum atomic E-state index is 0.217. The van der Waals surface area contributed by atoms with Crippen molar-refractivity contribution in [2.24, 2.45) is 5.92 Å². The van der Waals surface area contributed by atoms with Gasteiger partial charge in [0.25, 0.3) is 0 Å². The standard InChI is InChI=1S/C19H32N2OS/c1-3-6-17(7-4-2)19(22)20-11-14-21-12-9-16(10-13-21)18-8-5-15-23-18/h5,8,15-17H,3-4,6-7,9-14H2,1-2H3,(H,20,22). The number of hydrogen-bond acceptors (Lipinski definition) is 3.